The Morgan fingerprint density at radius 1 is 1.29 bits per heavy atom. The highest BCUT2D eigenvalue weighted by Gasteiger charge is 2.41. The number of rotatable bonds is 2. The van der Waals surface area contributed by atoms with E-state index in [-0.39, 0.29) is 5.03 Å². The summed E-state index contributed by atoms with van der Waals surface area (Å²) in [6.07, 6.45) is 6.72. The summed E-state index contributed by atoms with van der Waals surface area (Å²) in [6, 6.07) is 0. The summed E-state index contributed by atoms with van der Waals surface area (Å²) in [5, 5.41) is 0.181. The Labute approximate surface area is 101 Å². The van der Waals surface area contributed by atoms with Crippen LogP contribution in [0.25, 0.3) is 0 Å². The maximum Gasteiger partial charge on any atom is 0.262 e. The van der Waals surface area contributed by atoms with Crippen molar-refractivity contribution in [1.29, 1.82) is 0 Å². The Morgan fingerprint density at radius 2 is 1.94 bits per heavy atom. The zero-order chi connectivity index (χ0) is 12.0. The van der Waals surface area contributed by atoms with Gasteiger partial charge in [0.1, 0.15) is 0 Å². The van der Waals surface area contributed by atoms with Crippen LogP contribution in [0.3, 0.4) is 0 Å². The number of imidazole rings is 1. The van der Waals surface area contributed by atoms with Gasteiger partial charge in [0.25, 0.3) is 10.0 Å². The van der Waals surface area contributed by atoms with E-state index in [0.717, 1.165) is 0 Å². The standard InChI is InChI=1S/C11H17N3O2S/c1-13-7-11(12-8-13)17(15,16)14-5-9-3-2-4-10(9)6-14/h7-10H,2-6H2,1H3. The lowest BCUT2D eigenvalue weighted by Crippen LogP contribution is -2.29. The van der Waals surface area contributed by atoms with E-state index in [1.807, 2.05) is 0 Å². The van der Waals surface area contributed by atoms with E-state index in [9.17, 15) is 8.42 Å². The molecule has 6 heteroatoms. The molecule has 1 aliphatic carbocycles. The Morgan fingerprint density at radius 3 is 2.47 bits per heavy atom. The third-order valence-corrected chi connectivity index (χ3v) is 5.70. The monoisotopic (exact) mass is 255 g/mol. The molecule has 17 heavy (non-hydrogen) atoms. The van der Waals surface area contributed by atoms with Gasteiger partial charge in [-0.25, -0.2) is 13.4 Å². The molecule has 1 aromatic rings. The molecule has 1 saturated carbocycles. The molecule has 2 aliphatic rings. The van der Waals surface area contributed by atoms with Gasteiger partial charge in [-0.3, -0.25) is 0 Å². The molecule has 3 rings (SSSR count). The van der Waals surface area contributed by atoms with Crippen LogP contribution in [-0.2, 0) is 17.1 Å². The van der Waals surface area contributed by atoms with Crippen molar-refractivity contribution in [3.05, 3.63) is 12.5 Å². The fourth-order valence-corrected chi connectivity index (χ4v) is 4.56. The molecule has 0 spiro atoms. The van der Waals surface area contributed by atoms with Crippen molar-refractivity contribution in [3.8, 4) is 0 Å². The number of hydrogen-bond acceptors (Lipinski definition) is 3. The van der Waals surface area contributed by atoms with Gasteiger partial charge in [0.05, 0.1) is 6.33 Å². The highest BCUT2D eigenvalue weighted by Crippen LogP contribution is 2.39. The zero-order valence-corrected chi connectivity index (χ0v) is 10.7. The minimum atomic E-state index is -3.36. The molecule has 0 bridgehead atoms. The summed E-state index contributed by atoms with van der Waals surface area (Å²) >= 11 is 0. The predicted molar refractivity (Wildman–Crippen MR) is 62.8 cm³/mol. The summed E-state index contributed by atoms with van der Waals surface area (Å²) in [7, 11) is -1.58. The summed E-state index contributed by atoms with van der Waals surface area (Å²) < 4.78 is 27.9. The Hall–Kier alpha value is -0.880. The van der Waals surface area contributed by atoms with Gasteiger partial charge in [-0.05, 0) is 24.7 Å². The Balaban J connectivity index is 1.85. The maximum atomic E-state index is 12.3. The summed E-state index contributed by atoms with van der Waals surface area (Å²) in [5.41, 5.74) is 0. The van der Waals surface area contributed by atoms with E-state index in [4.69, 9.17) is 0 Å². The van der Waals surface area contributed by atoms with Crippen LogP contribution in [0.4, 0.5) is 0 Å². The van der Waals surface area contributed by atoms with Crippen molar-refractivity contribution in [3.63, 3.8) is 0 Å². The van der Waals surface area contributed by atoms with Crippen molar-refractivity contribution in [2.24, 2.45) is 18.9 Å². The fraction of sp³-hybridized carbons (Fsp3) is 0.727. The van der Waals surface area contributed by atoms with Crippen LogP contribution in [-0.4, -0.2) is 35.4 Å². The lowest BCUT2D eigenvalue weighted by molar-refractivity contribution is 0.443. The molecule has 0 N–H and O–H groups in total. The lowest BCUT2D eigenvalue weighted by Gasteiger charge is -2.15. The number of sulfonamides is 1. The molecule has 0 aromatic carbocycles. The van der Waals surface area contributed by atoms with Crippen LogP contribution in [0.1, 0.15) is 19.3 Å². The van der Waals surface area contributed by atoms with E-state index in [1.54, 1.807) is 22.1 Å². The average Bonchev–Trinajstić information content (AvgIpc) is 2.89. The van der Waals surface area contributed by atoms with Crippen molar-refractivity contribution in [2.45, 2.75) is 24.3 Å². The van der Waals surface area contributed by atoms with Crippen LogP contribution in [0.2, 0.25) is 0 Å². The second kappa shape index (κ2) is 3.81. The molecule has 1 aromatic heterocycles. The first-order valence-electron chi connectivity index (χ1n) is 6.05. The predicted octanol–water partition coefficient (Wildman–Crippen LogP) is 0.841. The summed E-state index contributed by atoms with van der Waals surface area (Å²) in [4.78, 5) is 3.96. The fourth-order valence-electron chi connectivity index (χ4n) is 3.04. The second-order valence-corrected chi connectivity index (χ2v) is 7.04. The van der Waals surface area contributed by atoms with E-state index >= 15 is 0 Å². The molecular formula is C11H17N3O2S. The van der Waals surface area contributed by atoms with Gasteiger partial charge < -0.3 is 4.57 Å². The smallest absolute Gasteiger partial charge is 0.262 e. The number of aryl methyl sites for hydroxylation is 1. The van der Waals surface area contributed by atoms with Gasteiger partial charge in [0.2, 0.25) is 0 Å². The van der Waals surface area contributed by atoms with Crippen molar-refractivity contribution in [1.82, 2.24) is 13.9 Å². The van der Waals surface area contributed by atoms with Crippen molar-refractivity contribution >= 4 is 10.0 Å². The van der Waals surface area contributed by atoms with Crippen LogP contribution < -0.4 is 0 Å². The zero-order valence-electron chi connectivity index (χ0n) is 9.91. The first kappa shape index (κ1) is 11.2. The van der Waals surface area contributed by atoms with E-state index < -0.39 is 10.0 Å². The number of fused-ring (bicyclic) bond motifs is 1. The molecule has 0 amide bonds. The van der Waals surface area contributed by atoms with Gasteiger partial charge in [-0.1, -0.05) is 6.42 Å². The topological polar surface area (TPSA) is 55.2 Å². The number of hydrogen-bond donors (Lipinski definition) is 0. The molecule has 0 radical (unpaired) electrons. The molecule has 5 nitrogen and oxygen atoms in total. The molecular weight excluding hydrogens is 238 g/mol. The third-order valence-electron chi connectivity index (χ3n) is 3.98. The molecule has 2 heterocycles. The summed E-state index contributed by atoms with van der Waals surface area (Å²) in [6.45, 7) is 1.37. The first-order chi connectivity index (χ1) is 8.07. The number of aromatic nitrogens is 2. The van der Waals surface area contributed by atoms with Gasteiger partial charge in [-0.15, -0.1) is 0 Å². The normalized spacial score (nSPS) is 29.7. The van der Waals surface area contributed by atoms with Crippen LogP contribution in [0.5, 0.6) is 0 Å². The highest BCUT2D eigenvalue weighted by molar-refractivity contribution is 7.89. The molecule has 94 valence electrons. The molecule has 1 aliphatic heterocycles. The van der Waals surface area contributed by atoms with Gasteiger partial charge in [-0.2, -0.15) is 4.31 Å². The second-order valence-electron chi connectivity index (χ2n) is 5.15. The van der Waals surface area contributed by atoms with Crippen molar-refractivity contribution < 1.29 is 8.42 Å². The Bertz CT molecular complexity index is 511. The van der Waals surface area contributed by atoms with Crippen LogP contribution >= 0.6 is 0 Å². The minimum Gasteiger partial charge on any atom is -0.339 e. The number of nitrogens with zero attached hydrogens (tertiary/aromatic N) is 3. The summed E-state index contributed by atoms with van der Waals surface area (Å²) in [5.74, 6) is 1.15. The molecule has 2 atom stereocenters. The van der Waals surface area contributed by atoms with E-state index in [1.165, 1.54) is 25.6 Å². The SMILES string of the molecule is Cn1cnc(S(=O)(=O)N2CC3CCCC3C2)c1. The molecule has 1 saturated heterocycles. The van der Waals surface area contributed by atoms with Crippen LogP contribution in [0, 0.1) is 11.8 Å². The quantitative estimate of drug-likeness (QED) is 0.787. The third kappa shape index (κ3) is 1.79. The maximum absolute atomic E-state index is 12.3. The van der Waals surface area contributed by atoms with E-state index in [2.05, 4.69) is 4.98 Å². The highest BCUT2D eigenvalue weighted by atomic mass is 32.2. The largest absolute Gasteiger partial charge is 0.339 e. The van der Waals surface area contributed by atoms with Crippen LogP contribution in [0.15, 0.2) is 17.6 Å². The molecule has 2 fully saturated rings. The van der Waals surface area contributed by atoms with Crippen molar-refractivity contribution in [2.75, 3.05) is 13.1 Å². The van der Waals surface area contributed by atoms with Gasteiger partial charge in [0.15, 0.2) is 5.03 Å². The first-order valence-corrected chi connectivity index (χ1v) is 7.49. The van der Waals surface area contributed by atoms with Gasteiger partial charge >= 0.3 is 0 Å². The van der Waals surface area contributed by atoms with Gasteiger partial charge in [0, 0.05) is 26.3 Å². The minimum absolute atomic E-state index is 0.181. The Kier molecular flexibility index (Phi) is 2.52. The molecule has 2 unspecified atom stereocenters. The van der Waals surface area contributed by atoms with E-state index in [0.29, 0.717) is 24.9 Å². The average molecular weight is 255 g/mol. The lowest BCUT2D eigenvalue weighted by atomic mass is 10.0.